The Labute approximate surface area is 156 Å². The highest BCUT2D eigenvalue weighted by Crippen LogP contribution is 2.29. The monoisotopic (exact) mass is 374 g/mol. The summed E-state index contributed by atoms with van der Waals surface area (Å²) in [4.78, 5) is 13.9. The van der Waals surface area contributed by atoms with Crippen LogP contribution < -0.4 is 5.32 Å². The van der Waals surface area contributed by atoms with E-state index < -0.39 is 0 Å². The highest BCUT2D eigenvalue weighted by molar-refractivity contribution is 8.01. The van der Waals surface area contributed by atoms with Crippen LogP contribution in [-0.4, -0.2) is 39.8 Å². The molecule has 1 aromatic heterocycles. The molecular weight excluding hydrogens is 352 g/mol. The van der Waals surface area contributed by atoms with Gasteiger partial charge in [-0.15, -0.1) is 23.4 Å². The van der Waals surface area contributed by atoms with Crippen LogP contribution in [0.15, 0.2) is 47.8 Å². The van der Waals surface area contributed by atoms with Gasteiger partial charge >= 0.3 is 0 Å². The maximum atomic E-state index is 12.2. The lowest BCUT2D eigenvalue weighted by Crippen LogP contribution is -2.32. The molecule has 0 aliphatic rings. The molecular formula is C18H22N4OS2. The lowest BCUT2D eigenvalue weighted by atomic mass is 10.1. The predicted octanol–water partition coefficient (Wildman–Crippen LogP) is 4.19. The molecule has 1 N–H and O–H groups in total. The third-order valence-electron chi connectivity index (χ3n) is 3.62. The second kappa shape index (κ2) is 9.39. The standard InChI is InChI=1S/C18H22N4OS2/c1-5-10-22(11-6-2)16(23)12-24-18-21-20-17(25-18)19-15-9-7-8-13(3)14(15)4/h5-9H,1-2,10-12H2,3-4H3,(H,19,20). The molecule has 0 unspecified atom stereocenters. The minimum atomic E-state index is 0.0315. The quantitative estimate of drug-likeness (QED) is 0.527. The molecule has 0 saturated heterocycles. The Balaban J connectivity index is 1.95. The zero-order valence-electron chi connectivity index (χ0n) is 14.5. The summed E-state index contributed by atoms with van der Waals surface area (Å²) < 4.78 is 0.762. The summed E-state index contributed by atoms with van der Waals surface area (Å²) >= 11 is 2.83. The van der Waals surface area contributed by atoms with Crippen LogP contribution in [0.4, 0.5) is 10.8 Å². The lowest BCUT2D eigenvalue weighted by molar-refractivity contribution is -0.127. The van der Waals surface area contributed by atoms with Crippen molar-refractivity contribution in [1.82, 2.24) is 15.1 Å². The Bertz CT molecular complexity index is 747. The molecule has 5 nitrogen and oxygen atoms in total. The van der Waals surface area contributed by atoms with E-state index in [9.17, 15) is 4.79 Å². The number of carbonyl (C=O) groups is 1. The molecule has 0 aliphatic heterocycles. The number of hydrogen-bond donors (Lipinski definition) is 1. The van der Waals surface area contributed by atoms with Gasteiger partial charge in [-0.05, 0) is 31.0 Å². The number of carbonyl (C=O) groups excluding carboxylic acids is 1. The summed E-state index contributed by atoms with van der Waals surface area (Å²) in [6.07, 6.45) is 3.42. The van der Waals surface area contributed by atoms with Crippen LogP contribution in [0.3, 0.4) is 0 Å². The van der Waals surface area contributed by atoms with Crippen LogP contribution >= 0.6 is 23.1 Å². The third-order valence-corrected chi connectivity index (χ3v) is 5.58. The molecule has 1 amide bonds. The fourth-order valence-corrected chi connectivity index (χ4v) is 3.79. The number of rotatable bonds is 9. The van der Waals surface area contributed by atoms with Gasteiger partial charge in [0.2, 0.25) is 11.0 Å². The second-order valence-electron chi connectivity index (χ2n) is 5.41. The van der Waals surface area contributed by atoms with Crippen molar-refractivity contribution in [1.29, 1.82) is 0 Å². The Morgan fingerprint density at radius 3 is 2.68 bits per heavy atom. The average molecular weight is 375 g/mol. The molecule has 1 aromatic carbocycles. The second-order valence-corrected chi connectivity index (χ2v) is 7.61. The number of anilines is 2. The van der Waals surface area contributed by atoms with Gasteiger partial charge in [0.05, 0.1) is 5.75 Å². The first kappa shape index (κ1) is 19.2. The van der Waals surface area contributed by atoms with Crippen molar-refractivity contribution in [2.24, 2.45) is 0 Å². The van der Waals surface area contributed by atoms with Crippen LogP contribution in [0.5, 0.6) is 0 Å². The van der Waals surface area contributed by atoms with Crippen molar-refractivity contribution >= 4 is 39.8 Å². The minimum Gasteiger partial charge on any atom is -0.335 e. The van der Waals surface area contributed by atoms with E-state index in [2.05, 4.69) is 48.6 Å². The molecule has 0 fully saturated rings. The van der Waals surface area contributed by atoms with E-state index in [-0.39, 0.29) is 5.91 Å². The number of benzene rings is 1. The van der Waals surface area contributed by atoms with Gasteiger partial charge in [-0.1, -0.05) is 47.4 Å². The number of aromatic nitrogens is 2. The smallest absolute Gasteiger partial charge is 0.233 e. The highest BCUT2D eigenvalue weighted by Gasteiger charge is 2.13. The number of thioether (sulfide) groups is 1. The zero-order chi connectivity index (χ0) is 18.2. The average Bonchev–Trinajstić information content (AvgIpc) is 3.04. The first-order valence-electron chi connectivity index (χ1n) is 7.84. The van der Waals surface area contributed by atoms with Crippen molar-refractivity contribution in [3.05, 3.63) is 54.6 Å². The van der Waals surface area contributed by atoms with Crippen molar-refractivity contribution in [2.45, 2.75) is 18.2 Å². The Morgan fingerprint density at radius 1 is 1.28 bits per heavy atom. The molecule has 0 spiro atoms. The van der Waals surface area contributed by atoms with Gasteiger partial charge in [-0.3, -0.25) is 4.79 Å². The molecule has 0 bridgehead atoms. The number of nitrogens with one attached hydrogen (secondary N) is 1. The Hall–Kier alpha value is -2.12. The van der Waals surface area contributed by atoms with Gasteiger partial charge < -0.3 is 10.2 Å². The number of amides is 1. The van der Waals surface area contributed by atoms with Crippen molar-refractivity contribution < 1.29 is 4.79 Å². The predicted molar refractivity (Wildman–Crippen MR) is 107 cm³/mol. The summed E-state index contributed by atoms with van der Waals surface area (Å²) in [6.45, 7) is 12.5. The van der Waals surface area contributed by atoms with E-state index in [4.69, 9.17) is 0 Å². The number of nitrogens with zero attached hydrogens (tertiary/aromatic N) is 3. The first-order chi connectivity index (χ1) is 12.0. The summed E-state index contributed by atoms with van der Waals surface area (Å²) in [7, 11) is 0. The van der Waals surface area contributed by atoms with E-state index in [0.29, 0.717) is 18.8 Å². The maximum Gasteiger partial charge on any atom is 0.233 e. The molecule has 1 heterocycles. The zero-order valence-corrected chi connectivity index (χ0v) is 16.1. The van der Waals surface area contributed by atoms with Crippen molar-refractivity contribution in [2.75, 3.05) is 24.2 Å². The van der Waals surface area contributed by atoms with E-state index in [1.807, 2.05) is 12.1 Å². The maximum absolute atomic E-state index is 12.2. The molecule has 0 aliphatic carbocycles. The number of aryl methyl sites for hydroxylation is 1. The molecule has 0 radical (unpaired) electrons. The van der Waals surface area contributed by atoms with Crippen molar-refractivity contribution in [3.8, 4) is 0 Å². The van der Waals surface area contributed by atoms with E-state index in [1.165, 1.54) is 34.2 Å². The largest absolute Gasteiger partial charge is 0.335 e. The van der Waals surface area contributed by atoms with Crippen LogP contribution in [0.2, 0.25) is 0 Å². The van der Waals surface area contributed by atoms with Gasteiger partial charge in [0.25, 0.3) is 0 Å². The summed E-state index contributed by atoms with van der Waals surface area (Å²) in [6, 6.07) is 6.10. The van der Waals surface area contributed by atoms with E-state index in [1.54, 1.807) is 17.1 Å². The van der Waals surface area contributed by atoms with E-state index in [0.717, 1.165) is 15.2 Å². The Morgan fingerprint density at radius 2 is 2.00 bits per heavy atom. The van der Waals surface area contributed by atoms with Gasteiger partial charge in [0.1, 0.15) is 0 Å². The molecule has 2 rings (SSSR count). The third kappa shape index (κ3) is 5.44. The molecule has 2 aromatic rings. The summed E-state index contributed by atoms with van der Waals surface area (Å²) in [5.41, 5.74) is 3.43. The van der Waals surface area contributed by atoms with Gasteiger partial charge in [0.15, 0.2) is 4.34 Å². The normalized spacial score (nSPS) is 10.3. The fourth-order valence-electron chi connectivity index (χ4n) is 2.12. The molecule has 0 saturated carbocycles. The molecule has 132 valence electrons. The Kier molecular flexibility index (Phi) is 7.21. The lowest BCUT2D eigenvalue weighted by Gasteiger charge is -2.18. The molecule has 7 heteroatoms. The molecule has 25 heavy (non-hydrogen) atoms. The van der Waals surface area contributed by atoms with Gasteiger partial charge in [-0.2, -0.15) is 0 Å². The van der Waals surface area contributed by atoms with Crippen LogP contribution in [0.1, 0.15) is 11.1 Å². The van der Waals surface area contributed by atoms with Crippen molar-refractivity contribution in [3.63, 3.8) is 0 Å². The minimum absolute atomic E-state index is 0.0315. The van der Waals surface area contributed by atoms with Crippen LogP contribution in [0, 0.1) is 13.8 Å². The fraction of sp³-hybridized carbons (Fsp3) is 0.278. The van der Waals surface area contributed by atoms with Crippen LogP contribution in [-0.2, 0) is 4.79 Å². The first-order valence-corrected chi connectivity index (χ1v) is 9.64. The van der Waals surface area contributed by atoms with E-state index >= 15 is 0 Å². The SMILES string of the molecule is C=CCN(CC=C)C(=O)CSc1nnc(Nc2cccc(C)c2C)s1. The summed E-state index contributed by atoms with van der Waals surface area (Å²) in [5.74, 6) is 0.351. The molecule has 0 atom stereocenters. The summed E-state index contributed by atoms with van der Waals surface area (Å²) in [5, 5.41) is 12.3. The van der Waals surface area contributed by atoms with Gasteiger partial charge in [0, 0.05) is 18.8 Å². The topological polar surface area (TPSA) is 58.1 Å². The van der Waals surface area contributed by atoms with Gasteiger partial charge in [-0.25, -0.2) is 0 Å². The number of hydrogen-bond acceptors (Lipinski definition) is 6. The van der Waals surface area contributed by atoms with Crippen LogP contribution in [0.25, 0.3) is 0 Å². The highest BCUT2D eigenvalue weighted by atomic mass is 32.2.